The molecular formula is C75H64Cl2F9N5O21S. The summed E-state index contributed by atoms with van der Waals surface area (Å²) in [6.07, 6.45) is -12.8. The maximum atomic E-state index is 12.7. The van der Waals surface area contributed by atoms with Gasteiger partial charge in [-0.1, -0.05) is 71.7 Å². The number of carboxylic acids is 3. The number of alkyl halides is 9. The van der Waals surface area contributed by atoms with Crippen LogP contribution < -0.4 is 59.8 Å². The van der Waals surface area contributed by atoms with Crippen LogP contribution in [-0.4, -0.2) is 155 Å². The molecule has 0 bridgehead atoms. The summed E-state index contributed by atoms with van der Waals surface area (Å²) in [6.45, 7) is 2.14. The molecule has 6 heterocycles. The number of ether oxygens (including phenoxy) is 7. The first-order chi connectivity index (χ1) is 53.3. The van der Waals surface area contributed by atoms with E-state index in [0.717, 1.165) is 41.2 Å². The van der Waals surface area contributed by atoms with E-state index < -0.39 is 64.2 Å². The highest BCUT2D eigenvalue weighted by Gasteiger charge is 2.40. The lowest BCUT2D eigenvalue weighted by Crippen LogP contribution is -2.21. The average Bonchev–Trinajstić information content (AvgIpc) is 1.29. The van der Waals surface area contributed by atoms with Crippen molar-refractivity contribution in [3.63, 3.8) is 0 Å². The number of hydrogen-bond donors (Lipinski definition) is 11. The van der Waals surface area contributed by atoms with Crippen LogP contribution in [0.3, 0.4) is 0 Å². The van der Waals surface area contributed by atoms with Gasteiger partial charge < -0.3 is 93.7 Å². The number of aliphatic carboxylic acids is 3. The van der Waals surface area contributed by atoms with Gasteiger partial charge in [-0.15, -0.1) is 11.3 Å². The van der Waals surface area contributed by atoms with E-state index in [1.165, 1.54) is 71.9 Å². The number of H-pyrrole nitrogens is 4. The molecule has 1 aliphatic heterocycles. The van der Waals surface area contributed by atoms with Crippen LogP contribution in [0.4, 0.5) is 45.2 Å². The van der Waals surface area contributed by atoms with Crippen LogP contribution in [0.5, 0.6) is 63.2 Å². The molecule has 0 atom stereocenters. The normalized spacial score (nSPS) is 11.6. The molecule has 7 aromatic carbocycles. The van der Waals surface area contributed by atoms with Crippen molar-refractivity contribution in [2.75, 3.05) is 67.8 Å². The van der Waals surface area contributed by atoms with E-state index in [0.29, 0.717) is 104 Å². The zero-order chi connectivity index (χ0) is 83.7. The Hall–Kier alpha value is -13.0. The number of thiophene rings is 1. The molecule has 113 heavy (non-hydrogen) atoms. The van der Waals surface area contributed by atoms with Crippen LogP contribution in [0.2, 0.25) is 10.0 Å². The number of carbonyl (C=O) groups is 3. The summed E-state index contributed by atoms with van der Waals surface area (Å²) in [6, 6.07) is 40.4. The smallest absolute Gasteiger partial charge is 0.490 e. The van der Waals surface area contributed by atoms with Crippen LogP contribution in [0.15, 0.2) is 164 Å². The van der Waals surface area contributed by atoms with Gasteiger partial charge in [-0.25, -0.2) is 14.4 Å². The number of benzene rings is 7. The number of pyridine rings is 4. The summed E-state index contributed by atoms with van der Waals surface area (Å²) in [5.74, 6) is -6.14. The molecule has 0 amide bonds. The number of nitrogens with zero attached hydrogens (tertiary/aromatic N) is 1. The quantitative estimate of drug-likeness (QED) is 0.0506. The first-order valence-electron chi connectivity index (χ1n) is 32.0. The Morgan fingerprint density at radius 1 is 0.398 bits per heavy atom. The van der Waals surface area contributed by atoms with Gasteiger partial charge in [-0.05, 0) is 91.0 Å². The van der Waals surface area contributed by atoms with E-state index >= 15 is 0 Å². The Bertz CT molecular complexity index is 5480. The van der Waals surface area contributed by atoms with Crippen molar-refractivity contribution in [2.45, 2.75) is 31.4 Å². The minimum absolute atomic E-state index is 0.250. The topological polar surface area (TPSA) is 392 Å². The fourth-order valence-corrected chi connectivity index (χ4v) is 11.8. The van der Waals surface area contributed by atoms with E-state index in [1.807, 2.05) is 35.7 Å². The first kappa shape index (κ1) is 87.3. The highest BCUT2D eigenvalue weighted by Crippen LogP contribution is 2.40. The van der Waals surface area contributed by atoms with Crippen molar-refractivity contribution < 1.29 is 123 Å². The predicted octanol–water partition coefficient (Wildman–Crippen LogP) is 15.5. The Morgan fingerprint density at radius 2 is 0.690 bits per heavy atom. The minimum Gasteiger partial charge on any atom is -0.503 e. The molecule has 5 aromatic heterocycles. The van der Waals surface area contributed by atoms with Gasteiger partial charge in [0.05, 0.1) is 121 Å². The summed E-state index contributed by atoms with van der Waals surface area (Å²) in [4.78, 5) is 91.1. The maximum absolute atomic E-state index is 12.7. The molecule has 0 aliphatic carbocycles. The van der Waals surface area contributed by atoms with Crippen LogP contribution in [-0.2, 0) is 14.4 Å². The summed E-state index contributed by atoms with van der Waals surface area (Å²) < 4.78 is 132. The number of aromatic amines is 4. The molecule has 38 heteroatoms. The van der Waals surface area contributed by atoms with E-state index in [1.54, 1.807) is 111 Å². The molecule has 0 radical (unpaired) electrons. The SMILES string of the molecule is COc1cc2[nH]c(-c3ccc(N4CCCC4)cc3)c(O)c(=O)c2cc1OC.COc1cc2[nH]c(-c3ccccc3Cl)c(O)c(=O)c2cc1OC.COc1cc2[nH]c(-c3ccccc3Cl)c(O)c(=O)c2cc1OC.COc1ccc(-c2[nH]c3ccsc3c(=O)c2O)cc1.O=C(O)C(F)(F)F.O=C(O)C(F)(F)F.O=C(O)C(F)(F)F. The molecule has 1 aliphatic rings. The molecule has 0 unspecified atom stereocenters. The molecule has 11 N–H and O–H groups in total. The molecule has 0 spiro atoms. The van der Waals surface area contributed by atoms with Crippen molar-refractivity contribution in [1.29, 1.82) is 0 Å². The van der Waals surface area contributed by atoms with Gasteiger partial charge in [0.15, 0.2) is 57.5 Å². The number of rotatable bonds is 12. The highest BCUT2D eigenvalue weighted by molar-refractivity contribution is 7.17. The minimum atomic E-state index is -5.08. The van der Waals surface area contributed by atoms with E-state index in [-0.39, 0.29) is 28.3 Å². The van der Waals surface area contributed by atoms with Gasteiger partial charge in [0.2, 0.25) is 21.7 Å². The Balaban J connectivity index is 0.000000193. The Labute approximate surface area is 644 Å². The third-order valence-electron chi connectivity index (χ3n) is 16.0. The Morgan fingerprint density at radius 3 is 1.01 bits per heavy atom. The number of nitrogens with one attached hydrogen (secondary N) is 4. The lowest BCUT2D eigenvalue weighted by atomic mass is 10.1. The highest BCUT2D eigenvalue weighted by atomic mass is 35.5. The molecule has 26 nitrogen and oxygen atoms in total. The predicted molar refractivity (Wildman–Crippen MR) is 403 cm³/mol. The number of halogens is 11. The summed E-state index contributed by atoms with van der Waals surface area (Å²) in [5, 5.41) is 66.1. The van der Waals surface area contributed by atoms with E-state index in [2.05, 4.69) is 24.8 Å². The van der Waals surface area contributed by atoms with Crippen molar-refractivity contribution in [1.82, 2.24) is 19.9 Å². The first-order valence-corrected chi connectivity index (χ1v) is 33.7. The van der Waals surface area contributed by atoms with E-state index in [4.69, 9.17) is 86.1 Å². The number of carboxylic acid groups (broad SMARTS) is 3. The second-order valence-corrected chi connectivity index (χ2v) is 24.7. The van der Waals surface area contributed by atoms with Crippen LogP contribution in [0.1, 0.15) is 12.8 Å². The van der Waals surface area contributed by atoms with E-state index in [9.17, 15) is 79.1 Å². The third kappa shape index (κ3) is 21.1. The number of fused-ring (bicyclic) bond motifs is 4. The van der Waals surface area contributed by atoms with Crippen LogP contribution >= 0.6 is 34.5 Å². The van der Waals surface area contributed by atoms with Gasteiger partial charge in [-0.3, -0.25) is 19.2 Å². The third-order valence-corrected chi connectivity index (χ3v) is 17.6. The molecule has 1 fully saturated rings. The van der Waals surface area contributed by atoms with Gasteiger partial charge in [0.25, 0.3) is 0 Å². The summed E-state index contributed by atoms with van der Waals surface area (Å²) in [7, 11) is 10.6. The molecular weight excluding hydrogens is 1580 g/mol. The van der Waals surface area contributed by atoms with Gasteiger partial charge >= 0.3 is 36.4 Å². The molecule has 0 saturated carbocycles. The summed E-state index contributed by atoms with van der Waals surface area (Å²) in [5.41, 5.74) is 5.64. The van der Waals surface area contributed by atoms with Crippen molar-refractivity contribution >= 4 is 101 Å². The zero-order valence-electron chi connectivity index (χ0n) is 59.5. The monoisotopic (exact) mass is 1640 g/mol. The second-order valence-electron chi connectivity index (χ2n) is 23.0. The number of hydrogen-bond acceptors (Lipinski definition) is 20. The largest absolute Gasteiger partial charge is 0.503 e. The van der Waals surface area contributed by atoms with Gasteiger partial charge in [0, 0.05) is 59.2 Å². The number of aromatic hydroxyl groups is 4. The van der Waals surface area contributed by atoms with Crippen LogP contribution in [0.25, 0.3) is 88.0 Å². The molecule has 1 saturated heterocycles. The van der Waals surface area contributed by atoms with Gasteiger partial charge in [-0.2, -0.15) is 39.5 Å². The van der Waals surface area contributed by atoms with Crippen molar-refractivity contribution in [3.8, 4) is 108 Å². The lowest BCUT2D eigenvalue weighted by Gasteiger charge is -2.18. The average molecular weight is 1650 g/mol. The number of anilines is 1. The zero-order valence-corrected chi connectivity index (χ0v) is 61.9. The maximum Gasteiger partial charge on any atom is 0.490 e. The molecule has 13 rings (SSSR count). The van der Waals surface area contributed by atoms with Crippen molar-refractivity contribution in [2.24, 2.45) is 0 Å². The fraction of sp³-hybridized carbons (Fsp3) is 0.187. The fourth-order valence-electron chi connectivity index (χ4n) is 10.5. The standard InChI is InChI=1S/C21H22N2O4.2C17H14ClNO4.C14H11NO3S.3C2HF3O2/c1-26-17-11-15-16(12-18(17)27-2)22-19(21(25)20(15)24)13-5-7-14(8-6-13)23-9-3-4-10-23;2*1-22-13-7-10-12(8-14(13)23-2)19-15(17(21)16(10)20)9-5-3-4-6-11(9)18;1-18-9-4-2-8(3-5-9)11-12(16)13(17)14-10(15-11)6-7-19-14;3*3-2(4,5)1(6)7/h5-8,11-12,25H,3-4,9-10H2,1-2H3,(H,22,24);2*3-8,21H,1-2H3,(H,19,20);2-7,16H,1H3,(H,15,17);3*(H,6,7). The number of aromatic nitrogens is 4. The second kappa shape index (κ2) is 37.6. The van der Waals surface area contributed by atoms with Gasteiger partial charge in [0.1, 0.15) is 10.4 Å². The van der Waals surface area contributed by atoms with Crippen LogP contribution in [0, 0.1) is 0 Å². The summed E-state index contributed by atoms with van der Waals surface area (Å²) >= 11 is 13.6. The van der Waals surface area contributed by atoms with Crippen molar-refractivity contribution in [3.05, 3.63) is 196 Å². The Kier molecular flexibility index (Phi) is 29.1. The molecule has 12 aromatic rings. The number of methoxy groups -OCH3 is 7. The molecule has 598 valence electrons. The lowest BCUT2D eigenvalue weighted by molar-refractivity contribution is -0.193.